The number of rotatable bonds is 9. The fourth-order valence-electron chi connectivity index (χ4n) is 2.28. The van der Waals surface area contributed by atoms with Crippen LogP contribution in [0.15, 0.2) is 69.9 Å². The number of thioether (sulfide) groups is 1. The van der Waals surface area contributed by atoms with Crippen LogP contribution < -0.4 is 15.0 Å². The van der Waals surface area contributed by atoms with Crippen LogP contribution >= 0.6 is 23.1 Å². The number of amides is 1. The number of pyridine rings is 1. The van der Waals surface area contributed by atoms with E-state index in [4.69, 9.17) is 4.74 Å². The number of carbonyl (C=O) groups is 1. The average molecular weight is 450 g/mol. The van der Waals surface area contributed by atoms with Crippen molar-refractivity contribution in [1.29, 1.82) is 0 Å². The first-order chi connectivity index (χ1) is 14.0. The third kappa shape index (κ3) is 6.04. The van der Waals surface area contributed by atoms with Gasteiger partial charge in [-0.05, 0) is 48.5 Å². The summed E-state index contributed by atoms with van der Waals surface area (Å²) in [6, 6.07) is 16.1. The Morgan fingerprint density at radius 1 is 1.14 bits per heavy atom. The fourth-order valence-corrected chi connectivity index (χ4v) is 5.28. The number of thiophene rings is 1. The van der Waals surface area contributed by atoms with E-state index >= 15 is 0 Å². The van der Waals surface area contributed by atoms with Crippen molar-refractivity contribution in [3.63, 3.8) is 0 Å². The summed E-state index contributed by atoms with van der Waals surface area (Å²) >= 11 is 2.58. The van der Waals surface area contributed by atoms with Gasteiger partial charge in [-0.1, -0.05) is 6.07 Å². The molecule has 0 aliphatic carbocycles. The zero-order chi connectivity index (χ0) is 20.7. The smallest absolute Gasteiger partial charge is 0.266 e. The normalized spacial score (nSPS) is 11.2. The van der Waals surface area contributed by atoms with E-state index in [2.05, 4.69) is 15.2 Å². The van der Waals surface area contributed by atoms with Crippen molar-refractivity contribution in [3.8, 4) is 16.3 Å². The second-order valence-corrected chi connectivity index (χ2v) is 9.92. The minimum atomic E-state index is -3.84. The van der Waals surface area contributed by atoms with Crippen molar-refractivity contribution in [2.24, 2.45) is 0 Å². The number of nitrogens with one attached hydrogen (secondary N) is 2. The predicted octanol–water partition coefficient (Wildman–Crippen LogP) is 3.31. The van der Waals surface area contributed by atoms with Gasteiger partial charge in [0.25, 0.3) is 10.0 Å². The molecule has 3 aromatic rings. The lowest BCUT2D eigenvalue weighted by atomic mass is 10.3. The number of aromatic nitrogens is 1. The monoisotopic (exact) mass is 449 g/mol. The highest BCUT2D eigenvalue weighted by Gasteiger charge is 2.18. The summed E-state index contributed by atoms with van der Waals surface area (Å²) in [4.78, 5) is 20.0. The molecule has 29 heavy (non-hydrogen) atoms. The number of nitrogens with zero attached hydrogens (tertiary/aromatic N) is 1. The SMILES string of the molecule is COc1ccc(SCCC(=O)NNS(=O)(=O)c2ccc(-c3ccccn3)s2)cc1. The van der Waals surface area contributed by atoms with Crippen molar-refractivity contribution in [2.45, 2.75) is 15.5 Å². The first-order valence-electron chi connectivity index (χ1n) is 8.57. The minimum Gasteiger partial charge on any atom is -0.497 e. The zero-order valence-electron chi connectivity index (χ0n) is 15.5. The van der Waals surface area contributed by atoms with Crippen LogP contribution in [0.25, 0.3) is 10.6 Å². The Hall–Kier alpha value is -2.40. The van der Waals surface area contributed by atoms with Gasteiger partial charge in [-0.25, -0.2) is 8.42 Å². The van der Waals surface area contributed by atoms with Crippen LogP contribution in [0.5, 0.6) is 5.75 Å². The molecule has 0 saturated carbocycles. The van der Waals surface area contributed by atoms with Crippen LogP contribution in [0.3, 0.4) is 0 Å². The molecular formula is C19H19N3O4S3. The average Bonchev–Trinajstić information content (AvgIpc) is 3.25. The number of hydrazine groups is 1. The molecule has 0 radical (unpaired) electrons. The summed E-state index contributed by atoms with van der Waals surface area (Å²) in [5.74, 6) is 0.875. The molecular weight excluding hydrogens is 430 g/mol. The second-order valence-electron chi connectivity index (χ2n) is 5.76. The number of methoxy groups -OCH3 is 1. The second kappa shape index (κ2) is 9.88. The molecule has 10 heteroatoms. The van der Waals surface area contributed by atoms with Gasteiger partial charge < -0.3 is 4.74 Å². The van der Waals surface area contributed by atoms with Crippen molar-refractivity contribution in [1.82, 2.24) is 15.2 Å². The summed E-state index contributed by atoms with van der Waals surface area (Å²) in [6.07, 6.45) is 1.81. The molecule has 0 spiro atoms. The van der Waals surface area contributed by atoms with E-state index in [1.54, 1.807) is 31.5 Å². The van der Waals surface area contributed by atoms with Gasteiger partial charge >= 0.3 is 0 Å². The molecule has 0 fully saturated rings. The van der Waals surface area contributed by atoms with Crippen molar-refractivity contribution >= 4 is 39.0 Å². The molecule has 0 aliphatic rings. The Kier molecular flexibility index (Phi) is 7.26. The van der Waals surface area contributed by atoms with Crippen LogP contribution in [-0.4, -0.2) is 32.2 Å². The van der Waals surface area contributed by atoms with Crippen molar-refractivity contribution in [3.05, 3.63) is 60.8 Å². The van der Waals surface area contributed by atoms with E-state index in [9.17, 15) is 13.2 Å². The number of sulfonamides is 1. The maximum absolute atomic E-state index is 12.4. The highest BCUT2D eigenvalue weighted by atomic mass is 32.2. The van der Waals surface area contributed by atoms with E-state index < -0.39 is 15.9 Å². The predicted molar refractivity (Wildman–Crippen MR) is 114 cm³/mol. The number of ether oxygens (including phenoxy) is 1. The van der Waals surface area contributed by atoms with Gasteiger partial charge in [0.1, 0.15) is 9.96 Å². The molecule has 2 heterocycles. The van der Waals surface area contributed by atoms with Gasteiger partial charge in [0.15, 0.2) is 0 Å². The molecule has 152 valence electrons. The number of carbonyl (C=O) groups excluding carboxylic acids is 1. The summed E-state index contributed by atoms with van der Waals surface area (Å²) in [6.45, 7) is 0. The van der Waals surface area contributed by atoms with E-state index in [-0.39, 0.29) is 10.6 Å². The maximum atomic E-state index is 12.4. The lowest BCUT2D eigenvalue weighted by Crippen LogP contribution is -2.41. The maximum Gasteiger partial charge on any atom is 0.266 e. The highest BCUT2D eigenvalue weighted by Crippen LogP contribution is 2.29. The Bertz CT molecular complexity index is 1050. The first kappa shape index (κ1) is 21.3. The van der Waals surface area contributed by atoms with E-state index in [0.717, 1.165) is 26.9 Å². The van der Waals surface area contributed by atoms with Crippen LogP contribution in [-0.2, 0) is 14.8 Å². The summed E-state index contributed by atoms with van der Waals surface area (Å²) in [5, 5.41) is 0. The van der Waals surface area contributed by atoms with E-state index in [0.29, 0.717) is 11.4 Å². The third-order valence-electron chi connectivity index (χ3n) is 3.75. The Labute approximate surface area is 177 Å². The highest BCUT2D eigenvalue weighted by molar-refractivity contribution is 7.99. The lowest BCUT2D eigenvalue weighted by molar-refractivity contribution is -0.121. The zero-order valence-corrected chi connectivity index (χ0v) is 17.9. The summed E-state index contributed by atoms with van der Waals surface area (Å²) in [5.41, 5.74) is 2.95. The number of hydrogen-bond acceptors (Lipinski definition) is 7. The third-order valence-corrected chi connectivity index (χ3v) is 7.61. The van der Waals surface area contributed by atoms with Gasteiger partial charge in [-0.3, -0.25) is 15.2 Å². The Morgan fingerprint density at radius 3 is 2.62 bits per heavy atom. The molecule has 2 N–H and O–H groups in total. The molecule has 0 unspecified atom stereocenters. The van der Waals surface area contributed by atoms with Crippen LogP contribution in [0, 0.1) is 0 Å². The van der Waals surface area contributed by atoms with Gasteiger partial charge in [0.2, 0.25) is 5.91 Å². The van der Waals surface area contributed by atoms with Gasteiger partial charge in [-0.15, -0.1) is 27.9 Å². The first-order valence-corrected chi connectivity index (χ1v) is 11.9. The van der Waals surface area contributed by atoms with Gasteiger partial charge in [0.05, 0.1) is 17.7 Å². The molecule has 3 rings (SSSR count). The molecule has 0 atom stereocenters. The van der Waals surface area contributed by atoms with Gasteiger partial charge in [-0.2, -0.15) is 0 Å². The number of hydrogen-bond donors (Lipinski definition) is 2. The van der Waals surface area contributed by atoms with Crippen molar-refractivity contribution in [2.75, 3.05) is 12.9 Å². The molecule has 2 aromatic heterocycles. The van der Waals surface area contributed by atoms with Gasteiger partial charge in [0, 0.05) is 23.3 Å². The quantitative estimate of drug-likeness (QED) is 0.384. The largest absolute Gasteiger partial charge is 0.497 e. The van der Waals surface area contributed by atoms with Crippen LogP contribution in [0.2, 0.25) is 0 Å². The van der Waals surface area contributed by atoms with Crippen LogP contribution in [0.1, 0.15) is 6.42 Å². The summed E-state index contributed by atoms with van der Waals surface area (Å²) < 4.78 is 30.0. The molecule has 0 saturated heterocycles. The molecule has 0 bridgehead atoms. The topological polar surface area (TPSA) is 97.4 Å². The standard InChI is InChI=1S/C19H19N3O4S3/c1-26-14-5-7-15(8-6-14)27-13-11-18(23)21-22-29(24,25)19-10-9-17(28-19)16-4-2-3-12-20-16/h2-10,12,22H,11,13H2,1H3,(H,21,23). The fraction of sp³-hybridized carbons (Fsp3) is 0.158. The number of benzene rings is 1. The van der Waals surface area contributed by atoms with E-state index in [1.165, 1.54) is 17.8 Å². The molecule has 7 nitrogen and oxygen atoms in total. The molecule has 1 amide bonds. The molecule has 1 aromatic carbocycles. The summed E-state index contributed by atoms with van der Waals surface area (Å²) in [7, 11) is -2.24. The van der Waals surface area contributed by atoms with Crippen molar-refractivity contribution < 1.29 is 17.9 Å². The minimum absolute atomic E-state index is 0.103. The van der Waals surface area contributed by atoms with E-state index in [1.807, 2.05) is 30.3 Å². The molecule has 0 aliphatic heterocycles. The Balaban J connectivity index is 1.48. The Morgan fingerprint density at radius 2 is 1.93 bits per heavy atom. The van der Waals surface area contributed by atoms with Crippen LogP contribution in [0.4, 0.5) is 0 Å². The lowest BCUT2D eigenvalue weighted by Gasteiger charge is -2.07.